The number of methoxy groups -OCH3 is 1. The van der Waals surface area contributed by atoms with Gasteiger partial charge in [0.05, 0.1) is 18.4 Å². The van der Waals surface area contributed by atoms with Crippen LogP contribution in [0.5, 0.6) is 0 Å². The van der Waals surface area contributed by atoms with Crippen molar-refractivity contribution in [3.8, 4) is 0 Å². The summed E-state index contributed by atoms with van der Waals surface area (Å²) >= 11 is 2.70. The van der Waals surface area contributed by atoms with Crippen molar-refractivity contribution >= 4 is 37.6 Å². The summed E-state index contributed by atoms with van der Waals surface area (Å²) in [7, 11) is -3.78. The molecule has 0 unspecified atom stereocenters. The maximum atomic E-state index is 13.8. The SMILES string of the molecule is COC(=O)c1cc(NS(=O)(=O)c2c(F)cc(F)cc2Br)c(F)cc1F. The highest BCUT2D eigenvalue weighted by molar-refractivity contribution is 9.10. The summed E-state index contributed by atoms with van der Waals surface area (Å²) in [5.74, 6) is -6.28. The van der Waals surface area contributed by atoms with E-state index >= 15 is 0 Å². The van der Waals surface area contributed by atoms with Gasteiger partial charge in [-0.25, -0.2) is 30.8 Å². The summed E-state index contributed by atoms with van der Waals surface area (Å²) in [4.78, 5) is 10.4. The van der Waals surface area contributed by atoms with Crippen LogP contribution < -0.4 is 4.72 Å². The third kappa shape index (κ3) is 3.93. The van der Waals surface area contributed by atoms with E-state index in [1.165, 1.54) is 0 Å². The minimum absolute atomic E-state index is 0.264. The van der Waals surface area contributed by atoms with Crippen molar-refractivity contribution < 1.29 is 35.5 Å². The summed E-state index contributed by atoms with van der Waals surface area (Å²) in [6.45, 7) is 0. The van der Waals surface area contributed by atoms with Crippen LogP contribution in [0, 0.1) is 23.3 Å². The molecule has 0 heterocycles. The molecular formula is C14H8BrF4NO4S. The lowest BCUT2D eigenvalue weighted by atomic mass is 10.2. The largest absolute Gasteiger partial charge is 0.465 e. The first-order chi connectivity index (χ1) is 11.6. The van der Waals surface area contributed by atoms with Gasteiger partial charge in [0.15, 0.2) is 0 Å². The van der Waals surface area contributed by atoms with Crippen LogP contribution in [0.4, 0.5) is 23.2 Å². The number of ether oxygens (including phenoxy) is 1. The third-order valence-electron chi connectivity index (χ3n) is 2.94. The normalized spacial score (nSPS) is 11.3. The summed E-state index contributed by atoms with van der Waals surface area (Å²) in [6.07, 6.45) is 0. The number of halogens is 5. The fraction of sp³-hybridized carbons (Fsp3) is 0.0714. The van der Waals surface area contributed by atoms with Gasteiger partial charge in [-0.15, -0.1) is 0 Å². The predicted octanol–water partition coefficient (Wildman–Crippen LogP) is 3.59. The van der Waals surface area contributed by atoms with Gasteiger partial charge in [0.1, 0.15) is 28.2 Å². The zero-order valence-electron chi connectivity index (χ0n) is 12.2. The minimum atomic E-state index is -4.73. The van der Waals surface area contributed by atoms with Gasteiger partial charge in [0, 0.05) is 16.6 Å². The Bertz CT molecular complexity index is 943. The number of rotatable bonds is 4. The highest BCUT2D eigenvalue weighted by Gasteiger charge is 2.26. The maximum absolute atomic E-state index is 13.8. The Hall–Kier alpha value is -2.14. The topological polar surface area (TPSA) is 72.5 Å². The Morgan fingerprint density at radius 3 is 2.24 bits per heavy atom. The van der Waals surface area contributed by atoms with E-state index in [4.69, 9.17) is 0 Å². The Labute approximate surface area is 147 Å². The summed E-state index contributed by atoms with van der Waals surface area (Å²) in [6, 6.07) is 1.84. The number of sulfonamides is 1. The van der Waals surface area contributed by atoms with E-state index in [0.29, 0.717) is 18.2 Å². The molecule has 0 fully saturated rings. The smallest absolute Gasteiger partial charge is 0.340 e. The molecule has 0 bridgehead atoms. The van der Waals surface area contributed by atoms with Crippen LogP contribution in [0.1, 0.15) is 10.4 Å². The van der Waals surface area contributed by atoms with E-state index in [0.717, 1.165) is 7.11 Å². The lowest BCUT2D eigenvalue weighted by Gasteiger charge is -2.12. The lowest BCUT2D eigenvalue weighted by molar-refractivity contribution is 0.0595. The van der Waals surface area contributed by atoms with Crippen molar-refractivity contribution in [1.29, 1.82) is 0 Å². The quantitative estimate of drug-likeness (QED) is 0.581. The van der Waals surface area contributed by atoms with Crippen molar-refractivity contribution in [2.24, 2.45) is 0 Å². The van der Waals surface area contributed by atoms with Gasteiger partial charge in [0.2, 0.25) is 0 Å². The molecule has 0 aliphatic heterocycles. The second-order valence-corrected chi connectivity index (χ2v) is 7.08. The van der Waals surface area contributed by atoms with E-state index in [2.05, 4.69) is 20.7 Å². The monoisotopic (exact) mass is 441 g/mol. The van der Waals surface area contributed by atoms with Gasteiger partial charge < -0.3 is 4.74 Å². The van der Waals surface area contributed by atoms with E-state index in [-0.39, 0.29) is 6.07 Å². The van der Waals surface area contributed by atoms with Gasteiger partial charge >= 0.3 is 5.97 Å². The van der Waals surface area contributed by atoms with Crippen LogP contribution in [0.25, 0.3) is 0 Å². The fourth-order valence-electron chi connectivity index (χ4n) is 1.88. The van der Waals surface area contributed by atoms with Crippen molar-refractivity contribution in [2.75, 3.05) is 11.8 Å². The molecule has 11 heteroatoms. The highest BCUT2D eigenvalue weighted by Crippen LogP contribution is 2.29. The molecule has 0 radical (unpaired) electrons. The second-order valence-electron chi connectivity index (χ2n) is 4.61. The molecule has 0 atom stereocenters. The minimum Gasteiger partial charge on any atom is -0.465 e. The Morgan fingerprint density at radius 2 is 1.68 bits per heavy atom. The van der Waals surface area contributed by atoms with E-state index in [9.17, 15) is 30.8 Å². The van der Waals surface area contributed by atoms with Crippen molar-refractivity contribution in [3.63, 3.8) is 0 Å². The number of benzene rings is 2. The summed E-state index contributed by atoms with van der Waals surface area (Å²) in [5.41, 5.74) is -1.56. The van der Waals surface area contributed by atoms with Gasteiger partial charge in [-0.3, -0.25) is 4.72 Å². The molecule has 0 spiro atoms. The van der Waals surface area contributed by atoms with E-state index in [1.807, 2.05) is 0 Å². The number of hydrogen-bond acceptors (Lipinski definition) is 4. The molecular weight excluding hydrogens is 434 g/mol. The second kappa shape index (κ2) is 7.00. The molecule has 0 saturated heterocycles. The van der Waals surface area contributed by atoms with Gasteiger partial charge in [-0.2, -0.15) is 0 Å². The zero-order chi connectivity index (χ0) is 18.9. The zero-order valence-corrected chi connectivity index (χ0v) is 14.6. The molecule has 0 saturated carbocycles. The molecule has 2 aromatic carbocycles. The van der Waals surface area contributed by atoms with Crippen LogP contribution in [-0.2, 0) is 14.8 Å². The maximum Gasteiger partial charge on any atom is 0.340 e. The van der Waals surface area contributed by atoms with Crippen LogP contribution in [0.3, 0.4) is 0 Å². The third-order valence-corrected chi connectivity index (χ3v) is 5.27. The molecule has 0 aromatic heterocycles. The molecule has 2 rings (SSSR count). The number of anilines is 1. The van der Waals surface area contributed by atoms with E-state index in [1.54, 1.807) is 4.72 Å². The number of esters is 1. The molecule has 0 amide bonds. The Kier molecular flexibility index (Phi) is 5.37. The van der Waals surface area contributed by atoms with Crippen molar-refractivity contribution in [2.45, 2.75) is 4.90 Å². The fourth-order valence-corrected chi connectivity index (χ4v) is 4.10. The average Bonchev–Trinajstić information content (AvgIpc) is 2.47. The highest BCUT2D eigenvalue weighted by atomic mass is 79.9. The first kappa shape index (κ1) is 19.2. The molecule has 1 N–H and O–H groups in total. The number of carbonyl (C=O) groups is 1. The molecule has 2 aromatic rings. The van der Waals surface area contributed by atoms with Crippen LogP contribution >= 0.6 is 15.9 Å². The molecule has 0 aliphatic rings. The van der Waals surface area contributed by atoms with Gasteiger partial charge in [-0.1, -0.05) is 0 Å². The number of nitrogens with one attached hydrogen (secondary N) is 1. The lowest BCUT2D eigenvalue weighted by Crippen LogP contribution is -2.17. The Balaban J connectivity index is 2.54. The van der Waals surface area contributed by atoms with Gasteiger partial charge in [0.25, 0.3) is 10.0 Å². The summed E-state index contributed by atoms with van der Waals surface area (Å²) in [5, 5.41) is 0. The first-order valence-electron chi connectivity index (χ1n) is 6.31. The molecule has 5 nitrogen and oxygen atoms in total. The van der Waals surface area contributed by atoms with Crippen LogP contribution in [0.15, 0.2) is 33.6 Å². The number of hydrogen-bond donors (Lipinski definition) is 1. The molecule has 25 heavy (non-hydrogen) atoms. The standard InChI is InChI=1S/C14H8BrF4NO4S/c1-24-14(21)7-4-12(10(18)5-9(7)17)20-25(22,23)13-8(15)2-6(16)3-11(13)19/h2-5,20H,1H3. The van der Waals surface area contributed by atoms with Crippen molar-refractivity contribution in [1.82, 2.24) is 0 Å². The van der Waals surface area contributed by atoms with Gasteiger partial charge in [-0.05, 0) is 28.1 Å². The number of carbonyl (C=O) groups excluding carboxylic acids is 1. The first-order valence-corrected chi connectivity index (χ1v) is 8.59. The molecule has 134 valence electrons. The van der Waals surface area contributed by atoms with Crippen molar-refractivity contribution in [3.05, 3.63) is 57.6 Å². The average molecular weight is 442 g/mol. The predicted molar refractivity (Wildman–Crippen MR) is 82.6 cm³/mol. The van der Waals surface area contributed by atoms with Crippen LogP contribution in [0.2, 0.25) is 0 Å². The molecule has 0 aliphatic carbocycles. The van der Waals surface area contributed by atoms with E-state index < -0.39 is 59.9 Å². The summed E-state index contributed by atoms with van der Waals surface area (Å²) < 4.78 is 84.3. The Morgan fingerprint density at radius 1 is 1.04 bits per heavy atom. The van der Waals surface area contributed by atoms with Crippen LogP contribution in [-0.4, -0.2) is 21.5 Å².